The van der Waals surface area contributed by atoms with E-state index in [0.717, 1.165) is 11.1 Å². The topological polar surface area (TPSA) is 78.6 Å². The summed E-state index contributed by atoms with van der Waals surface area (Å²) in [6, 6.07) is 16.7. The number of hydrogen-bond donors (Lipinski definition) is 2. The second kappa shape index (κ2) is 11.4. The first kappa shape index (κ1) is 26.7. The van der Waals surface area contributed by atoms with Crippen molar-refractivity contribution in [2.45, 2.75) is 45.1 Å². The molecule has 3 aromatic heterocycles. The summed E-state index contributed by atoms with van der Waals surface area (Å²) in [6.45, 7) is 3.88. The number of hydrogen-bond acceptors (Lipinski definition) is 5. The van der Waals surface area contributed by atoms with Gasteiger partial charge in [-0.2, -0.15) is 18.4 Å². The van der Waals surface area contributed by atoms with Crippen molar-refractivity contribution < 1.29 is 13.2 Å². The van der Waals surface area contributed by atoms with Gasteiger partial charge in [-0.15, -0.1) is 0 Å². The Hall–Kier alpha value is -4.34. The van der Waals surface area contributed by atoms with E-state index in [1.807, 2.05) is 24.3 Å². The Labute approximate surface area is 219 Å². The van der Waals surface area contributed by atoms with Gasteiger partial charge in [-0.05, 0) is 67.3 Å². The SMILES string of the molecule is CC(C)(C#N)c1ccc(NCC#Cc2cc3cc(CNCc4cccnc4)ccc3n2CC(F)(F)F)cn1. The monoisotopic (exact) mass is 516 g/mol. The number of benzene rings is 1. The molecule has 0 aliphatic heterocycles. The van der Waals surface area contributed by atoms with E-state index in [2.05, 4.69) is 38.5 Å². The predicted molar refractivity (Wildman–Crippen MR) is 141 cm³/mol. The average Bonchev–Trinajstić information content (AvgIpc) is 3.22. The molecule has 0 spiro atoms. The molecule has 4 rings (SSSR count). The van der Waals surface area contributed by atoms with Crippen LogP contribution in [0.1, 0.15) is 36.4 Å². The molecule has 38 heavy (non-hydrogen) atoms. The van der Waals surface area contributed by atoms with Crippen LogP contribution in [0.3, 0.4) is 0 Å². The fourth-order valence-electron chi connectivity index (χ4n) is 3.94. The fourth-order valence-corrected chi connectivity index (χ4v) is 3.94. The van der Waals surface area contributed by atoms with Gasteiger partial charge >= 0.3 is 6.18 Å². The fraction of sp³-hybridized carbons (Fsp3) is 0.276. The molecule has 0 unspecified atom stereocenters. The van der Waals surface area contributed by atoms with Crippen LogP contribution in [0.25, 0.3) is 10.9 Å². The van der Waals surface area contributed by atoms with Crippen molar-refractivity contribution in [3.05, 3.63) is 89.6 Å². The lowest BCUT2D eigenvalue weighted by Crippen LogP contribution is -2.18. The van der Waals surface area contributed by atoms with E-state index in [0.29, 0.717) is 41.1 Å². The van der Waals surface area contributed by atoms with Gasteiger partial charge in [-0.25, -0.2) is 0 Å². The highest BCUT2D eigenvalue weighted by Crippen LogP contribution is 2.26. The van der Waals surface area contributed by atoms with Crippen molar-refractivity contribution in [2.75, 3.05) is 11.9 Å². The normalized spacial score (nSPS) is 11.6. The minimum Gasteiger partial charge on any atom is -0.373 e. The molecule has 0 amide bonds. The van der Waals surface area contributed by atoms with Crippen LogP contribution in [-0.4, -0.2) is 27.3 Å². The lowest BCUT2D eigenvalue weighted by molar-refractivity contribution is -0.140. The van der Waals surface area contributed by atoms with Gasteiger partial charge in [0.15, 0.2) is 0 Å². The van der Waals surface area contributed by atoms with E-state index in [1.165, 1.54) is 4.57 Å². The number of nitriles is 1. The first-order valence-corrected chi connectivity index (χ1v) is 12.0. The molecule has 6 nitrogen and oxygen atoms in total. The van der Waals surface area contributed by atoms with Crippen LogP contribution < -0.4 is 10.6 Å². The van der Waals surface area contributed by atoms with Gasteiger partial charge in [0.1, 0.15) is 6.54 Å². The van der Waals surface area contributed by atoms with Crippen molar-refractivity contribution in [1.29, 1.82) is 5.26 Å². The zero-order valence-electron chi connectivity index (χ0n) is 21.1. The Kier molecular flexibility index (Phi) is 7.99. The van der Waals surface area contributed by atoms with Crippen LogP contribution in [-0.2, 0) is 25.0 Å². The van der Waals surface area contributed by atoms with Crippen molar-refractivity contribution in [2.24, 2.45) is 0 Å². The molecule has 1 aromatic carbocycles. The average molecular weight is 517 g/mol. The van der Waals surface area contributed by atoms with Crippen LogP contribution in [0.4, 0.5) is 18.9 Å². The Morgan fingerprint density at radius 3 is 2.50 bits per heavy atom. The summed E-state index contributed by atoms with van der Waals surface area (Å²) in [6.07, 6.45) is 0.733. The number of alkyl halides is 3. The van der Waals surface area contributed by atoms with Gasteiger partial charge in [0, 0.05) is 36.4 Å². The third-order valence-electron chi connectivity index (χ3n) is 5.96. The Balaban J connectivity index is 1.47. The van der Waals surface area contributed by atoms with Gasteiger partial charge in [0.25, 0.3) is 0 Å². The van der Waals surface area contributed by atoms with E-state index >= 15 is 0 Å². The summed E-state index contributed by atoms with van der Waals surface area (Å²) >= 11 is 0. The Morgan fingerprint density at radius 2 is 1.82 bits per heavy atom. The number of aromatic nitrogens is 3. The van der Waals surface area contributed by atoms with Gasteiger partial charge in [0.2, 0.25) is 0 Å². The van der Waals surface area contributed by atoms with Crippen LogP contribution in [0.15, 0.2) is 67.1 Å². The highest BCUT2D eigenvalue weighted by molar-refractivity contribution is 5.83. The number of fused-ring (bicyclic) bond motifs is 1. The standard InChI is InChI=1S/C29H27F3N6/c1-28(2,19-33)27-10-8-24(18-37-27)36-12-4-6-25-14-23-13-21(15-35-17-22-5-3-11-34-16-22)7-9-26(23)38(25)20-29(30,31)32/h3,5,7-11,13-14,16,18,35-36H,12,15,17,20H2,1-2H3. The molecule has 3 heterocycles. The van der Waals surface area contributed by atoms with Crippen LogP contribution in [0, 0.1) is 23.2 Å². The Bertz CT molecular complexity index is 1490. The van der Waals surface area contributed by atoms with Crippen molar-refractivity contribution >= 4 is 16.6 Å². The summed E-state index contributed by atoms with van der Waals surface area (Å²) in [5.74, 6) is 5.80. The van der Waals surface area contributed by atoms with Crippen LogP contribution in [0.2, 0.25) is 0 Å². The van der Waals surface area contributed by atoms with E-state index < -0.39 is 18.1 Å². The van der Waals surface area contributed by atoms with Gasteiger partial charge in [-0.3, -0.25) is 9.97 Å². The highest BCUT2D eigenvalue weighted by Gasteiger charge is 2.29. The molecule has 0 saturated carbocycles. The molecular formula is C29H27F3N6. The minimum absolute atomic E-state index is 0.222. The predicted octanol–water partition coefficient (Wildman–Crippen LogP) is 5.55. The number of nitrogens with one attached hydrogen (secondary N) is 2. The molecule has 9 heteroatoms. The van der Waals surface area contributed by atoms with Crippen molar-refractivity contribution in [3.8, 4) is 17.9 Å². The van der Waals surface area contributed by atoms with E-state index in [4.69, 9.17) is 0 Å². The molecule has 0 fully saturated rings. The number of pyridine rings is 2. The maximum Gasteiger partial charge on any atom is 0.406 e. The van der Waals surface area contributed by atoms with Gasteiger partial charge < -0.3 is 15.2 Å². The largest absolute Gasteiger partial charge is 0.406 e. The van der Waals surface area contributed by atoms with Gasteiger partial charge in [0.05, 0.1) is 41.3 Å². The molecule has 0 aliphatic rings. The number of halogens is 3. The number of rotatable bonds is 8. The minimum atomic E-state index is -4.38. The molecular weight excluding hydrogens is 489 g/mol. The molecule has 0 radical (unpaired) electrons. The van der Waals surface area contributed by atoms with Gasteiger partial charge in [-0.1, -0.05) is 18.1 Å². The quantitative estimate of drug-likeness (QED) is 0.300. The lowest BCUT2D eigenvalue weighted by atomic mass is 9.91. The summed E-state index contributed by atoms with van der Waals surface area (Å²) in [7, 11) is 0. The second-order valence-electron chi connectivity index (χ2n) is 9.41. The molecule has 0 bridgehead atoms. The lowest BCUT2D eigenvalue weighted by Gasteiger charge is -2.14. The van der Waals surface area contributed by atoms with Crippen molar-refractivity contribution in [3.63, 3.8) is 0 Å². The maximum absolute atomic E-state index is 13.4. The summed E-state index contributed by atoms with van der Waals surface area (Å²) < 4.78 is 41.3. The van der Waals surface area contributed by atoms with Crippen molar-refractivity contribution in [1.82, 2.24) is 19.9 Å². The molecule has 0 atom stereocenters. The van der Waals surface area contributed by atoms with Crippen LogP contribution >= 0.6 is 0 Å². The van der Waals surface area contributed by atoms with E-state index in [9.17, 15) is 18.4 Å². The second-order valence-corrected chi connectivity index (χ2v) is 9.41. The molecule has 0 aliphatic carbocycles. The zero-order chi connectivity index (χ0) is 27.2. The van der Waals surface area contributed by atoms with E-state index in [1.54, 1.807) is 56.7 Å². The summed E-state index contributed by atoms with van der Waals surface area (Å²) in [5.41, 5.74) is 3.45. The molecule has 2 N–H and O–H groups in total. The first-order chi connectivity index (χ1) is 18.1. The zero-order valence-corrected chi connectivity index (χ0v) is 21.1. The summed E-state index contributed by atoms with van der Waals surface area (Å²) in [5, 5.41) is 16.4. The maximum atomic E-state index is 13.4. The summed E-state index contributed by atoms with van der Waals surface area (Å²) in [4.78, 5) is 8.41. The van der Waals surface area contributed by atoms with Crippen LogP contribution in [0.5, 0.6) is 0 Å². The number of anilines is 1. The smallest absolute Gasteiger partial charge is 0.373 e. The number of nitrogens with zero attached hydrogens (tertiary/aromatic N) is 4. The highest BCUT2D eigenvalue weighted by atomic mass is 19.4. The molecule has 0 saturated heterocycles. The molecule has 4 aromatic rings. The third-order valence-corrected chi connectivity index (χ3v) is 5.96. The molecule has 194 valence electrons. The first-order valence-electron chi connectivity index (χ1n) is 12.0. The van der Waals surface area contributed by atoms with E-state index in [-0.39, 0.29) is 6.54 Å². The third kappa shape index (κ3) is 6.90. The Morgan fingerprint density at radius 1 is 1.00 bits per heavy atom.